The third kappa shape index (κ3) is 4.65. The molecule has 0 saturated heterocycles. The zero-order chi connectivity index (χ0) is 15.3. The first-order valence-electron chi connectivity index (χ1n) is 6.31. The summed E-state index contributed by atoms with van der Waals surface area (Å²) >= 11 is 0. The van der Waals surface area contributed by atoms with Crippen molar-refractivity contribution in [3.8, 4) is 0 Å². The van der Waals surface area contributed by atoms with Gasteiger partial charge in [0.15, 0.2) is 0 Å². The number of carbonyl (C=O) groups is 2. The number of esters is 1. The van der Waals surface area contributed by atoms with E-state index in [9.17, 15) is 9.59 Å². The van der Waals surface area contributed by atoms with Crippen LogP contribution in [0.1, 0.15) is 38.8 Å². The summed E-state index contributed by atoms with van der Waals surface area (Å²) in [5, 5.41) is 0. The van der Waals surface area contributed by atoms with Crippen LogP contribution in [-0.2, 0) is 14.3 Å². The highest BCUT2D eigenvalue weighted by Gasteiger charge is 2.21. The van der Waals surface area contributed by atoms with Crippen LogP contribution in [0.15, 0.2) is 12.5 Å². The second-order valence-electron chi connectivity index (χ2n) is 5.40. The van der Waals surface area contributed by atoms with Crippen LogP contribution in [-0.4, -0.2) is 40.9 Å². The van der Waals surface area contributed by atoms with Gasteiger partial charge in [-0.25, -0.2) is 14.3 Å². The quantitative estimate of drug-likeness (QED) is 0.836. The molecule has 1 heterocycles. The van der Waals surface area contributed by atoms with Crippen molar-refractivity contribution in [2.45, 2.75) is 38.7 Å². The molecular weight excluding hydrogens is 262 g/mol. The summed E-state index contributed by atoms with van der Waals surface area (Å²) in [7, 11) is 1.31. The zero-order valence-corrected chi connectivity index (χ0v) is 12.3. The summed E-state index contributed by atoms with van der Waals surface area (Å²) < 4.78 is 11.1. The lowest BCUT2D eigenvalue weighted by atomic mass is 10.0. The number of imidazole rings is 1. The largest absolute Gasteiger partial charge is 0.469 e. The molecule has 1 aromatic rings. The molecule has 2 N–H and O–H groups in total. The first-order valence-corrected chi connectivity index (χ1v) is 6.31. The van der Waals surface area contributed by atoms with Crippen molar-refractivity contribution in [2.24, 2.45) is 5.73 Å². The standard InChI is InChI=1S/C13H21N3O4/c1-13(2,3)20-12(18)16-7-10(15-8-16)9(6-14)5-11(17)19-4/h7-9H,5-6,14H2,1-4H3. The molecule has 7 nitrogen and oxygen atoms in total. The Labute approximate surface area is 118 Å². The van der Waals surface area contributed by atoms with Gasteiger partial charge in [-0.3, -0.25) is 4.79 Å². The number of nitrogens with two attached hydrogens (primary N) is 1. The predicted octanol–water partition coefficient (Wildman–Crippen LogP) is 1.27. The number of hydrogen-bond acceptors (Lipinski definition) is 6. The average molecular weight is 283 g/mol. The summed E-state index contributed by atoms with van der Waals surface area (Å²) in [6.45, 7) is 5.58. The topological polar surface area (TPSA) is 96.4 Å². The fourth-order valence-corrected chi connectivity index (χ4v) is 1.56. The second-order valence-corrected chi connectivity index (χ2v) is 5.40. The second kappa shape index (κ2) is 6.51. The highest BCUT2D eigenvalue weighted by atomic mass is 16.6. The number of ether oxygens (including phenoxy) is 2. The summed E-state index contributed by atoms with van der Waals surface area (Å²) in [5.41, 5.74) is 5.60. The lowest BCUT2D eigenvalue weighted by molar-refractivity contribution is -0.141. The van der Waals surface area contributed by atoms with Gasteiger partial charge in [-0.1, -0.05) is 0 Å². The van der Waals surface area contributed by atoms with Gasteiger partial charge >= 0.3 is 12.1 Å². The molecule has 1 aromatic heterocycles. The van der Waals surface area contributed by atoms with E-state index in [2.05, 4.69) is 9.72 Å². The SMILES string of the molecule is COC(=O)CC(CN)c1cn(C(=O)OC(C)(C)C)cn1. The molecule has 7 heteroatoms. The summed E-state index contributed by atoms with van der Waals surface area (Å²) in [5.74, 6) is -0.654. The van der Waals surface area contributed by atoms with E-state index >= 15 is 0 Å². The highest BCUT2D eigenvalue weighted by molar-refractivity contribution is 5.71. The Morgan fingerprint density at radius 2 is 2.10 bits per heavy atom. The van der Waals surface area contributed by atoms with Crippen molar-refractivity contribution in [2.75, 3.05) is 13.7 Å². The Balaban J connectivity index is 2.79. The lowest BCUT2D eigenvalue weighted by Crippen LogP contribution is -2.26. The molecular formula is C13H21N3O4. The summed E-state index contributed by atoms with van der Waals surface area (Å²) in [6, 6.07) is 0. The molecule has 20 heavy (non-hydrogen) atoms. The number of aromatic nitrogens is 2. The molecule has 0 spiro atoms. The molecule has 1 unspecified atom stereocenters. The fraction of sp³-hybridized carbons (Fsp3) is 0.615. The molecule has 0 saturated carbocycles. The van der Waals surface area contributed by atoms with E-state index < -0.39 is 11.7 Å². The van der Waals surface area contributed by atoms with Crippen molar-refractivity contribution >= 4 is 12.1 Å². The molecule has 0 radical (unpaired) electrons. The molecule has 0 aromatic carbocycles. The minimum atomic E-state index is -0.583. The van der Waals surface area contributed by atoms with E-state index in [1.165, 1.54) is 24.2 Å². The van der Waals surface area contributed by atoms with Crippen LogP contribution in [0.3, 0.4) is 0 Å². The van der Waals surface area contributed by atoms with Crippen LogP contribution in [0.2, 0.25) is 0 Å². The van der Waals surface area contributed by atoms with E-state index in [4.69, 9.17) is 10.5 Å². The van der Waals surface area contributed by atoms with Crippen LogP contribution < -0.4 is 5.73 Å². The maximum atomic E-state index is 11.8. The summed E-state index contributed by atoms with van der Waals surface area (Å²) in [4.78, 5) is 27.2. The van der Waals surface area contributed by atoms with Gasteiger partial charge in [0.25, 0.3) is 0 Å². The number of carbonyl (C=O) groups excluding carboxylic acids is 2. The maximum Gasteiger partial charge on any atom is 0.419 e. The van der Waals surface area contributed by atoms with Crippen molar-refractivity contribution in [1.82, 2.24) is 9.55 Å². The molecule has 112 valence electrons. The molecule has 0 amide bonds. The van der Waals surface area contributed by atoms with Crippen molar-refractivity contribution in [1.29, 1.82) is 0 Å². The van der Waals surface area contributed by atoms with E-state index in [0.717, 1.165) is 0 Å². The van der Waals surface area contributed by atoms with Crippen LogP contribution in [0.5, 0.6) is 0 Å². The minimum absolute atomic E-state index is 0.123. The number of nitrogens with zero attached hydrogens (tertiary/aromatic N) is 2. The normalized spacial score (nSPS) is 12.8. The van der Waals surface area contributed by atoms with Crippen LogP contribution in [0.4, 0.5) is 4.79 Å². The van der Waals surface area contributed by atoms with E-state index in [1.807, 2.05) is 0 Å². The number of hydrogen-bond donors (Lipinski definition) is 1. The third-order valence-corrected chi connectivity index (χ3v) is 2.55. The lowest BCUT2D eigenvalue weighted by Gasteiger charge is -2.19. The first-order chi connectivity index (χ1) is 9.26. The van der Waals surface area contributed by atoms with Gasteiger partial charge in [0.05, 0.1) is 19.2 Å². The Hall–Kier alpha value is -1.89. The zero-order valence-electron chi connectivity index (χ0n) is 12.3. The van der Waals surface area contributed by atoms with Crippen LogP contribution in [0, 0.1) is 0 Å². The maximum absolute atomic E-state index is 11.8. The van der Waals surface area contributed by atoms with Crippen molar-refractivity contribution in [3.63, 3.8) is 0 Å². The number of rotatable bonds is 4. The van der Waals surface area contributed by atoms with Crippen LogP contribution >= 0.6 is 0 Å². The third-order valence-electron chi connectivity index (χ3n) is 2.55. The predicted molar refractivity (Wildman–Crippen MR) is 72.3 cm³/mol. The average Bonchev–Trinajstić information content (AvgIpc) is 2.83. The summed E-state index contributed by atoms with van der Waals surface area (Å²) in [6.07, 6.45) is 2.47. The van der Waals surface area contributed by atoms with Gasteiger partial charge in [0.2, 0.25) is 0 Å². The molecule has 0 bridgehead atoms. The number of methoxy groups -OCH3 is 1. The fourth-order valence-electron chi connectivity index (χ4n) is 1.56. The van der Waals surface area contributed by atoms with Gasteiger partial charge in [0, 0.05) is 18.7 Å². The van der Waals surface area contributed by atoms with Crippen molar-refractivity contribution < 1.29 is 19.1 Å². The Bertz CT molecular complexity index is 476. The monoisotopic (exact) mass is 283 g/mol. The van der Waals surface area contributed by atoms with E-state index in [-0.39, 0.29) is 24.9 Å². The molecule has 0 fully saturated rings. The Morgan fingerprint density at radius 3 is 2.60 bits per heavy atom. The molecule has 1 atom stereocenters. The smallest absolute Gasteiger partial charge is 0.419 e. The Morgan fingerprint density at radius 1 is 1.45 bits per heavy atom. The minimum Gasteiger partial charge on any atom is -0.469 e. The van der Waals surface area contributed by atoms with Gasteiger partial charge in [-0.05, 0) is 20.8 Å². The molecule has 1 rings (SSSR count). The van der Waals surface area contributed by atoms with Gasteiger partial charge < -0.3 is 15.2 Å². The molecule has 0 aliphatic carbocycles. The van der Waals surface area contributed by atoms with Crippen LogP contribution in [0.25, 0.3) is 0 Å². The van der Waals surface area contributed by atoms with E-state index in [1.54, 1.807) is 20.8 Å². The Kier molecular flexibility index (Phi) is 5.26. The molecule has 0 aliphatic heterocycles. The molecule has 0 aliphatic rings. The van der Waals surface area contributed by atoms with Crippen molar-refractivity contribution in [3.05, 3.63) is 18.2 Å². The van der Waals surface area contributed by atoms with Gasteiger partial charge in [0.1, 0.15) is 11.9 Å². The van der Waals surface area contributed by atoms with E-state index in [0.29, 0.717) is 5.69 Å². The van der Waals surface area contributed by atoms with Gasteiger partial charge in [-0.2, -0.15) is 0 Å². The highest BCUT2D eigenvalue weighted by Crippen LogP contribution is 2.18. The van der Waals surface area contributed by atoms with Gasteiger partial charge in [-0.15, -0.1) is 0 Å². The first kappa shape index (κ1) is 16.2.